The van der Waals surface area contributed by atoms with Crippen LogP contribution in [0.2, 0.25) is 0 Å². The number of carboxylic acids is 2. The van der Waals surface area contributed by atoms with E-state index in [-0.39, 0.29) is 48.4 Å². The Labute approximate surface area is 253 Å². The van der Waals surface area contributed by atoms with Crippen molar-refractivity contribution in [2.24, 2.45) is 0 Å². The fourth-order valence-electron chi connectivity index (χ4n) is 4.15. The number of carboxylic acid groups (broad SMARTS) is 2. The number of carbonyl (C=O) groups excluding carboxylic acids is 2. The third-order valence-corrected chi connectivity index (χ3v) is 6.78. The van der Waals surface area contributed by atoms with Crippen molar-refractivity contribution in [3.63, 3.8) is 0 Å². The summed E-state index contributed by atoms with van der Waals surface area (Å²) in [5.41, 5.74) is -0.0164. The standard InChI is InChI=1S/2C15H22O2.Li.Na/c2*1-3-4-5-9-12-15(2,14(16)17)13-10-7-6-8-11-13;;/h2*6-8,10-11H,3-5,9,12H2,1-2H3,(H,16,17);;/q;;2*+1/p-2. The van der Waals surface area contributed by atoms with E-state index in [9.17, 15) is 19.8 Å². The molecule has 0 saturated carbocycles. The second-order valence-electron chi connectivity index (χ2n) is 9.59. The minimum absolute atomic E-state index is 0. The number of hydrogen-bond acceptors (Lipinski definition) is 4. The Hall–Kier alpha value is -1.02. The number of carbonyl (C=O) groups is 2. The van der Waals surface area contributed by atoms with E-state index in [1.54, 1.807) is 13.8 Å². The Bertz CT molecular complexity index is 775. The SMILES string of the molecule is CCCCCCC(C)(C(=O)[O-])c1ccccc1.CCCCCCC(C)(C(=O)[O-])c1ccccc1.[Li+].[Na+]. The van der Waals surface area contributed by atoms with Crippen molar-refractivity contribution in [1.29, 1.82) is 0 Å². The van der Waals surface area contributed by atoms with Gasteiger partial charge in [0.15, 0.2) is 0 Å². The van der Waals surface area contributed by atoms with Crippen molar-refractivity contribution in [2.45, 2.75) is 103 Å². The van der Waals surface area contributed by atoms with Gasteiger partial charge < -0.3 is 19.8 Å². The third kappa shape index (κ3) is 12.0. The van der Waals surface area contributed by atoms with Gasteiger partial charge in [-0.1, -0.05) is 140 Å². The van der Waals surface area contributed by atoms with Crippen LogP contribution in [0.4, 0.5) is 0 Å². The predicted molar refractivity (Wildman–Crippen MR) is 135 cm³/mol. The van der Waals surface area contributed by atoms with Crippen LogP contribution in [0.15, 0.2) is 60.7 Å². The van der Waals surface area contributed by atoms with E-state index in [0.29, 0.717) is 12.8 Å². The second-order valence-corrected chi connectivity index (χ2v) is 9.59. The van der Waals surface area contributed by atoms with Crippen molar-refractivity contribution >= 4 is 11.9 Å². The molecule has 2 atom stereocenters. The van der Waals surface area contributed by atoms with E-state index in [1.165, 1.54) is 0 Å². The Balaban J connectivity index is 0. The van der Waals surface area contributed by atoms with Crippen molar-refractivity contribution in [3.8, 4) is 0 Å². The van der Waals surface area contributed by atoms with E-state index in [0.717, 1.165) is 62.5 Å². The first-order chi connectivity index (χ1) is 16.2. The molecule has 0 heterocycles. The van der Waals surface area contributed by atoms with Gasteiger partial charge in [0.1, 0.15) is 0 Å². The van der Waals surface area contributed by atoms with Gasteiger partial charge in [-0.15, -0.1) is 0 Å². The molecule has 2 aromatic rings. The molecule has 2 aromatic carbocycles. The number of rotatable bonds is 14. The average molecular weight is 497 g/mol. The zero-order chi connectivity index (χ0) is 25.5. The molecule has 188 valence electrons. The molecule has 0 aliphatic carbocycles. The fourth-order valence-corrected chi connectivity index (χ4v) is 4.15. The van der Waals surface area contributed by atoms with Gasteiger partial charge in [0.25, 0.3) is 0 Å². The van der Waals surface area contributed by atoms with Crippen LogP contribution in [0, 0.1) is 0 Å². The molecular formula is C30H42LiNaO4. The number of benzene rings is 2. The maximum absolute atomic E-state index is 11.4. The quantitative estimate of drug-likeness (QED) is 0.257. The summed E-state index contributed by atoms with van der Waals surface area (Å²) in [6, 6.07) is 18.8. The summed E-state index contributed by atoms with van der Waals surface area (Å²) in [6.07, 6.45) is 10.0. The summed E-state index contributed by atoms with van der Waals surface area (Å²) < 4.78 is 0. The molecule has 2 unspecified atom stereocenters. The van der Waals surface area contributed by atoms with E-state index in [2.05, 4.69) is 13.8 Å². The Morgan fingerprint density at radius 2 is 0.917 bits per heavy atom. The molecule has 0 saturated heterocycles. The van der Waals surface area contributed by atoms with E-state index in [4.69, 9.17) is 0 Å². The van der Waals surface area contributed by atoms with Crippen molar-refractivity contribution < 1.29 is 68.2 Å². The Morgan fingerprint density at radius 1 is 0.611 bits per heavy atom. The van der Waals surface area contributed by atoms with E-state index < -0.39 is 22.8 Å². The van der Waals surface area contributed by atoms with Gasteiger partial charge in [-0.3, -0.25) is 0 Å². The van der Waals surface area contributed by atoms with Crippen LogP contribution in [0.1, 0.15) is 103 Å². The summed E-state index contributed by atoms with van der Waals surface area (Å²) in [4.78, 5) is 22.7. The molecule has 2 rings (SSSR count). The molecule has 0 aromatic heterocycles. The smallest absolute Gasteiger partial charge is 0.549 e. The van der Waals surface area contributed by atoms with Gasteiger partial charge in [0.2, 0.25) is 0 Å². The van der Waals surface area contributed by atoms with Crippen LogP contribution >= 0.6 is 0 Å². The van der Waals surface area contributed by atoms with Crippen molar-refractivity contribution in [1.82, 2.24) is 0 Å². The largest absolute Gasteiger partial charge is 1.00 e. The van der Waals surface area contributed by atoms with Crippen LogP contribution in [-0.4, -0.2) is 11.9 Å². The summed E-state index contributed by atoms with van der Waals surface area (Å²) in [6.45, 7) is 7.83. The van der Waals surface area contributed by atoms with Gasteiger partial charge in [-0.25, -0.2) is 0 Å². The summed E-state index contributed by atoms with van der Waals surface area (Å²) in [5.74, 6) is -1.94. The van der Waals surface area contributed by atoms with Crippen LogP contribution in [0.3, 0.4) is 0 Å². The summed E-state index contributed by atoms with van der Waals surface area (Å²) in [5, 5.41) is 22.7. The first kappa shape index (κ1) is 37.1. The molecule has 0 spiro atoms. The maximum Gasteiger partial charge on any atom is 1.00 e. The number of unbranched alkanes of at least 4 members (excludes halogenated alkanes) is 6. The van der Waals surface area contributed by atoms with Gasteiger partial charge in [-0.05, 0) is 24.0 Å². The average Bonchev–Trinajstić information content (AvgIpc) is 2.85. The Kier molecular flexibility index (Phi) is 20.6. The van der Waals surface area contributed by atoms with E-state index >= 15 is 0 Å². The third-order valence-electron chi connectivity index (χ3n) is 6.78. The molecule has 0 N–H and O–H groups in total. The molecule has 0 aliphatic rings. The summed E-state index contributed by atoms with van der Waals surface area (Å²) in [7, 11) is 0. The monoisotopic (exact) mass is 496 g/mol. The predicted octanol–water partition coefficient (Wildman–Crippen LogP) is -0.663. The molecule has 0 amide bonds. The molecule has 0 aliphatic heterocycles. The minimum Gasteiger partial charge on any atom is -0.549 e. The second kappa shape index (κ2) is 20.0. The van der Waals surface area contributed by atoms with Crippen LogP contribution in [0.5, 0.6) is 0 Å². The zero-order valence-corrected chi connectivity index (χ0v) is 25.5. The molecule has 0 fully saturated rings. The van der Waals surface area contributed by atoms with Gasteiger partial charge >= 0.3 is 48.4 Å². The molecule has 36 heavy (non-hydrogen) atoms. The van der Waals surface area contributed by atoms with Gasteiger partial charge in [0, 0.05) is 10.8 Å². The van der Waals surface area contributed by atoms with Crippen LogP contribution in [-0.2, 0) is 20.4 Å². The van der Waals surface area contributed by atoms with Crippen molar-refractivity contribution in [2.75, 3.05) is 0 Å². The van der Waals surface area contributed by atoms with Gasteiger partial charge in [0.05, 0.1) is 11.9 Å². The first-order valence-corrected chi connectivity index (χ1v) is 12.8. The van der Waals surface area contributed by atoms with Gasteiger partial charge in [-0.2, -0.15) is 0 Å². The van der Waals surface area contributed by atoms with E-state index in [1.807, 2.05) is 60.7 Å². The maximum atomic E-state index is 11.4. The molecule has 0 bridgehead atoms. The number of hydrogen-bond donors (Lipinski definition) is 0. The van der Waals surface area contributed by atoms with Crippen LogP contribution in [0.25, 0.3) is 0 Å². The topological polar surface area (TPSA) is 80.3 Å². The fraction of sp³-hybridized carbons (Fsp3) is 0.533. The minimum atomic E-state index is -0.972. The van der Waals surface area contributed by atoms with Crippen LogP contribution < -0.4 is 58.6 Å². The molecular weight excluding hydrogens is 454 g/mol. The van der Waals surface area contributed by atoms with Crippen molar-refractivity contribution in [3.05, 3.63) is 71.8 Å². The Morgan fingerprint density at radius 3 is 1.17 bits per heavy atom. The zero-order valence-electron chi connectivity index (χ0n) is 23.5. The normalized spacial score (nSPS) is 13.4. The molecule has 4 nitrogen and oxygen atoms in total. The summed E-state index contributed by atoms with van der Waals surface area (Å²) >= 11 is 0. The number of aliphatic carboxylic acids is 2. The first-order valence-electron chi connectivity index (χ1n) is 12.8. The molecule has 0 radical (unpaired) electrons. The molecule has 6 heteroatoms.